The zero-order chi connectivity index (χ0) is 14.9. The van der Waals surface area contributed by atoms with E-state index in [0.29, 0.717) is 11.6 Å². The van der Waals surface area contributed by atoms with Crippen molar-refractivity contribution in [3.05, 3.63) is 18.4 Å². The summed E-state index contributed by atoms with van der Waals surface area (Å²) in [5.41, 5.74) is -0.818. The third-order valence-electron chi connectivity index (χ3n) is 3.50. The maximum absolute atomic E-state index is 12.0. The third-order valence-corrected chi connectivity index (χ3v) is 3.50. The molecule has 1 N–H and O–H groups in total. The van der Waals surface area contributed by atoms with Crippen LogP contribution in [0.1, 0.15) is 19.8 Å². The number of nitriles is 1. The molecule has 0 aliphatic heterocycles. The van der Waals surface area contributed by atoms with Gasteiger partial charge >= 0.3 is 0 Å². The van der Waals surface area contributed by atoms with Gasteiger partial charge in [0, 0.05) is 0 Å². The minimum Gasteiger partial charge on any atom is -0.461 e. The Morgan fingerprint density at radius 3 is 3.10 bits per heavy atom. The summed E-state index contributed by atoms with van der Waals surface area (Å²) < 4.78 is 5.15. The molecular formula is C13H14N6O2. The second kappa shape index (κ2) is 5.01. The third kappa shape index (κ3) is 2.76. The molecule has 0 aromatic carbocycles. The maximum atomic E-state index is 12.0. The fourth-order valence-corrected chi connectivity index (χ4v) is 2.15. The lowest BCUT2D eigenvalue weighted by Gasteiger charge is -2.22. The normalized spacial score (nSPS) is 17.0. The first-order chi connectivity index (χ1) is 10.1. The number of rotatable bonds is 5. The first kappa shape index (κ1) is 13.3. The number of hydrogen-bond donors (Lipinski definition) is 1. The van der Waals surface area contributed by atoms with E-state index in [1.54, 1.807) is 19.1 Å². The molecule has 2 aromatic heterocycles. The Morgan fingerprint density at radius 2 is 2.48 bits per heavy atom. The van der Waals surface area contributed by atoms with Gasteiger partial charge in [0.2, 0.25) is 11.7 Å². The van der Waals surface area contributed by atoms with Gasteiger partial charge in [-0.1, -0.05) is 0 Å². The monoisotopic (exact) mass is 286 g/mol. The molecule has 8 heteroatoms. The molecule has 0 saturated heterocycles. The van der Waals surface area contributed by atoms with Gasteiger partial charge < -0.3 is 9.73 Å². The van der Waals surface area contributed by atoms with E-state index < -0.39 is 5.54 Å². The Labute approximate surface area is 120 Å². The fourth-order valence-electron chi connectivity index (χ4n) is 2.15. The molecule has 3 rings (SSSR count). The van der Waals surface area contributed by atoms with Crippen LogP contribution in [-0.2, 0) is 11.3 Å². The van der Waals surface area contributed by atoms with Gasteiger partial charge in [0.05, 0.1) is 12.3 Å². The van der Waals surface area contributed by atoms with Gasteiger partial charge in [-0.3, -0.25) is 4.79 Å². The van der Waals surface area contributed by atoms with Crippen LogP contribution in [0.2, 0.25) is 0 Å². The number of aromatic nitrogens is 4. The molecule has 1 atom stereocenters. The van der Waals surface area contributed by atoms with Crippen molar-refractivity contribution in [1.82, 2.24) is 25.5 Å². The molecule has 0 radical (unpaired) electrons. The molecule has 1 amide bonds. The summed E-state index contributed by atoms with van der Waals surface area (Å²) >= 11 is 0. The molecule has 1 fully saturated rings. The standard InChI is InChI=1S/C13H14N6O2/c1-13(8-14,9-4-5-9)15-11(20)7-19-17-12(16-18-19)10-3-2-6-21-10/h2-3,6,9H,4-5,7H2,1H3,(H,15,20)/t13-/m1/s1. The van der Waals surface area contributed by atoms with Crippen molar-refractivity contribution in [2.24, 2.45) is 5.92 Å². The Morgan fingerprint density at radius 1 is 1.67 bits per heavy atom. The van der Waals surface area contributed by atoms with E-state index in [-0.39, 0.29) is 18.4 Å². The molecule has 108 valence electrons. The number of tetrazole rings is 1. The highest BCUT2D eigenvalue weighted by molar-refractivity contribution is 5.77. The zero-order valence-electron chi connectivity index (χ0n) is 11.5. The van der Waals surface area contributed by atoms with Gasteiger partial charge in [-0.25, -0.2) is 0 Å². The Kier molecular flexibility index (Phi) is 3.17. The molecule has 2 heterocycles. The Hall–Kier alpha value is -2.69. The number of hydrogen-bond acceptors (Lipinski definition) is 6. The van der Waals surface area contributed by atoms with E-state index in [1.165, 1.54) is 11.1 Å². The summed E-state index contributed by atoms with van der Waals surface area (Å²) in [6.45, 7) is 1.66. The van der Waals surface area contributed by atoms with E-state index >= 15 is 0 Å². The smallest absolute Gasteiger partial charge is 0.244 e. The number of nitrogens with one attached hydrogen (secondary N) is 1. The summed E-state index contributed by atoms with van der Waals surface area (Å²) in [7, 11) is 0. The molecule has 0 bridgehead atoms. The number of furan rings is 1. The summed E-state index contributed by atoms with van der Waals surface area (Å²) in [6, 6.07) is 5.60. The topological polar surface area (TPSA) is 110 Å². The number of carbonyl (C=O) groups excluding carboxylic acids is 1. The van der Waals surface area contributed by atoms with Gasteiger partial charge in [-0.15, -0.1) is 10.2 Å². The van der Waals surface area contributed by atoms with Gasteiger partial charge in [-0.05, 0) is 43.0 Å². The molecule has 0 unspecified atom stereocenters. The van der Waals surface area contributed by atoms with Crippen molar-refractivity contribution < 1.29 is 9.21 Å². The van der Waals surface area contributed by atoms with Crippen LogP contribution < -0.4 is 5.32 Å². The summed E-state index contributed by atoms with van der Waals surface area (Å²) in [5, 5.41) is 23.6. The fraction of sp³-hybridized carbons (Fsp3) is 0.462. The van der Waals surface area contributed by atoms with Gasteiger partial charge in [0.1, 0.15) is 12.1 Å². The maximum Gasteiger partial charge on any atom is 0.244 e. The first-order valence-electron chi connectivity index (χ1n) is 6.65. The van der Waals surface area contributed by atoms with Crippen LogP contribution in [0.4, 0.5) is 0 Å². The Balaban J connectivity index is 1.64. The van der Waals surface area contributed by atoms with Crippen LogP contribution >= 0.6 is 0 Å². The number of amides is 1. The highest BCUT2D eigenvalue weighted by atomic mass is 16.3. The number of carbonyl (C=O) groups is 1. The average molecular weight is 286 g/mol. The molecule has 1 saturated carbocycles. The Bertz CT molecular complexity index is 682. The molecule has 8 nitrogen and oxygen atoms in total. The first-order valence-corrected chi connectivity index (χ1v) is 6.65. The van der Waals surface area contributed by atoms with Crippen molar-refractivity contribution >= 4 is 5.91 Å². The van der Waals surface area contributed by atoms with Crippen molar-refractivity contribution in [3.63, 3.8) is 0 Å². The average Bonchev–Trinajstić information content (AvgIpc) is 3.00. The van der Waals surface area contributed by atoms with Crippen LogP contribution in [-0.4, -0.2) is 31.7 Å². The molecule has 0 spiro atoms. The lowest BCUT2D eigenvalue weighted by molar-refractivity contribution is -0.123. The summed E-state index contributed by atoms with van der Waals surface area (Å²) in [5.74, 6) is 0.725. The highest BCUT2D eigenvalue weighted by Gasteiger charge is 2.43. The van der Waals surface area contributed by atoms with Crippen LogP contribution in [0.3, 0.4) is 0 Å². The lowest BCUT2D eigenvalue weighted by atomic mass is 9.98. The lowest BCUT2D eigenvalue weighted by Crippen LogP contribution is -2.48. The summed E-state index contributed by atoms with van der Waals surface area (Å²) in [4.78, 5) is 13.2. The van der Waals surface area contributed by atoms with Crippen LogP contribution in [0, 0.1) is 17.2 Å². The van der Waals surface area contributed by atoms with E-state index in [4.69, 9.17) is 4.42 Å². The van der Waals surface area contributed by atoms with Crippen molar-refractivity contribution in [2.75, 3.05) is 0 Å². The number of nitrogens with zero attached hydrogens (tertiary/aromatic N) is 5. The van der Waals surface area contributed by atoms with E-state index in [9.17, 15) is 10.1 Å². The van der Waals surface area contributed by atoms with E-state index in [2.05, 4.69) is 26.8 Å². The second-order valence-corrected chi connectivity index (χ2v) is 5.26. The molecule has 1 aliphatic carbocycles. The van der Waals surface area contributed by atoms with Crippen molar-refractivity contribution in [3.8, 4) is 17.7 Å². The van der Waals surface area contributed by atoms with E-state index in [1.807, 2.05) is 0 Å². The van der Waals surface area contributed by atoms with Crippen LogP contribution in [0.5, 0.6) is 0 Å². The van der Waals surface area contributed by atoms with Gasteiger partial charge in [0.15, 0.2) is 5.76 Å². The quantitative estimate of drug-likeness (QED) is 0.868. The molecule has 1 aliphatic rings. The highest BCUT2D eigenvalue weighted by Crippen LogP contribution is 2.39. The SMILES string of the molecule is C[C@](C#N)(NC(=O)Cn1nnc(-c2ccco2)n1)C1CC1. The van der Waals surface area contributed by atoms with Crippen molar-refractivity contribution in [1.29, 1.82) is 5.26 Å². The summed E-state index contributed by atoms with van der Waals surface area (Å²) in [6.07, 6.45) is 3.44. The minimum atomic E-state index is -0.818. The second-order valence-electron chi connectivity index (χ2n) is 5.26. The zero-order valence-corrected chi connectivity index (χ0v) is 11.5. The van der Waals surface area contributed by atoms with Gasteiger partial charge in [-0.2, -0.15) is 10.1 Å². The minimum absolute atomic E-state index is 0.0856. The van der Waals surface area contributed by atoms with Crippen LogP contribution in [0.15, 0.2) is 22.8 Å². The van der Waals surface area contributed by atoms with E-state index in [0.717, 1.165) is 12.8 Å². The molecule has 2 aromatic rings. The van der Waals surface area contributed by atoms with Crippen molar-refractivity contribution in [2.45, 2.75) is 31.8 Å². The van der Waals surface area contributed by atoms with Crippen LogP contribution in [0.25, 0.3) is 11.6 Å². The predicted molar refractivity (Wildman–Crippen MR) is 70.4 cm³/mol. The molecular weight excluding hydrogens is 272 g/mol. The van der Waals surface area contributed by atoms with Gasteiger partial charge in [0.25, 0.3) is 0 Å². The largest absolute Gasteiger partial charge is 0.461 e. The molecule has 21 heavy (non-hydrogen) atoms. The predicted octanol–water partition coefficient (Wildman–Crippen LogP) is 0.742.